The van der Waals surface area contributed by atoms with Crippen molar-refractivity contribution < 1.29 is 0 Å². The first kappa shape index (κ1) is 8.32. The predicted octanol–water partition coefficient (Wildman–Crippen LogP) is 2.61. The third kappa shape index (κ3) is 1.73. The van der Waals surface area contributed by atoms with Crippen LogP contribution in [-0.2, 0) is 5.88 Å². The maximum atomic E-state index is 5.73. The molecule has 66 valence electrons. The van der Waals surface area contributed by atoms with Crippen LogP contribution < -0.4 is 0 Å². The molecule has 0 amide bonds. The van der Waals surface area contributed by atoms with Gasteiger partial charge in [0.1, 0.15) is 0 Å². The van der Waals surface area contributed by atoms with Crippen LogP contribution in [0.25, 0.3) is 5.69 Å². The topological polar surface area (TPSA) is 17.8 Å². The fourth-order valence-electron chi connectivity index (χ4n) is 1.20. The molecule has 0 unspecified atom stereocenters. The number of rotatable bonds is 2. The number of aromatic nitrogens is 2. The predicted molar refractivity (Wildman–Crippen MR) is 53.1 cm³/mol. The number of nitrogens with zero attached hydrogens (tertiary/aromatic N) is 2. The second kappa shape index (κ2) is 3.62. The van der Waals surface area contributed by atoms with Gasteiger partial charge in [0.05, 0.1) is 5.69 Å². The molecule has 2 nitrogen and oxygen atoms in total. The van der Waals surface area contributed by atoms with Crippen molar-refractivity contribution in [1.29, 1.82) is 0 Å². The van der Waals surface area contributed by atoms with Crippen molar-refractivity contribution in [3.05, 3.63) is 48.3 Å². The molecule has 0 aliphatic heterocycles. The van der Waals surface area contributed by atoms with Gasteiger partial charge in [-0.1, -0.05) is 12.1 Å². The van der Waals surface area contributed by atoms with E-state index in [1.54, 1.807) is 6.20 Å². The zero-order valence-corrected chi connectivity index (χ0v) is 7.78. The first-order valence-electron chi connectivity index (χ1n) is 4.05. The van der Waals surface area contributed by atoms with E-state index in [4.69, 9.17) is 11.6 Å². The lowest BCUT2D eigenvalue weighted by atomic mass is 10.2. The molecular formula is C10H9ClN2. The molecular weight excluding hydrogens is 184 g/mol. The smallest absolute Gasteiger partial charge is 0.0648 e. The number of benzene rings is 1. The summed E-state index contributed by atoms with van der Waals surface area (Å²) in [6.07, 6.45) is 3.67. The van der Waals surface area contributed by atoms with E-state index in [9.17, 15) is 0 Å². The average Bonchev–Trinajstić information content (AvgIpc) is 2.71. The van der Waals surface area contributed by atoms with Gasteiger partial charge >= 0.3 is 0 Å². The van der Waals surface area contributed by atoms with Crippen molar-refractivity contribution in [3.63, 3.8) is 0 Å². The van der Waals surface area contributed by atoms with Crippen molar-refractivity contribution in [2.24, 2.45) is 0 Å². The highest BCUT2D eigenvalue weighted by molar-refractivity contribution is 6.17. The average molecular weight is 193 g/mol. The fourth-order valence-corrected chi connectivity index (χ4v) is 1.37. The van der Waals surface area contributed by atoms with E-state index in [0.29, 0.717) is 5.88 Å². The Morgan fingerprint density at radius 2 is 2.23 bits per heavy atom. The summed E-state index contributed by atoms with van der Waals surface area (Å²) >= 11 is 5.73. The number of alkyl halides is 1. The summed E-state index contributed by atoms with van der Waals surface area (Å²) in [6.45, 7) is 0. The first-order valence-corrected chi connectivity index (χ1v) is 4.58. The highest BCUT2D eigenvalue weighted by Gasteiger charge is 1.96. The van der Waals surface area contributed by atoms with E-state index in [2.05, 4.69) is 5.10 Å². The molecule has 0 bridgehead atoms. The Morgan fingerprint density at radius 3 is 2.92 bits per heavy atom. The van der Waals surface area contributed by atoms with Crippen LogP contribution >= 0.6 is 11.6 Å². The summed E-state index contributed by atoms with van der Waals surface area (Å²) in [5.41, 5.74) is 2.15. The van der Waals surface area contributed by atoms with Gasteiger partial charge in [-0.3, -0.25) is 0 Å². The maximum absolute atomic E-state index is 5.73. The third-order valence-electron chi connectivity index (χ3n) is 1.83. The third-order valence-corrected chi connectivity index (χ3v) is 2.14. The molecule has 0 fully saturated rings. The lowest BCUT2D eigenvalue weighted by Crippen LogP contribution is -1.94. The maximum Gasteiger partial charge on any atom is 0.0648 e. The Balaban J connectivity index is 2.41. The monoisotopic (exact) mass is 192 g/mol. The summed E-state index contributed by atoms with van der Waals surface area (Å²) in [7, 11) is 0. The van der Waals surface area contributed by atoms with Crippen molar-refractivity contribution in [3.8, 4) is 5.69 Å². The molecule has 2 rings (SSSR count). The van der Waals surface area contributed by atoms with E-state index in [-0.39, 0.29) is 0 Å². The molecule has 0 saturated carbocycles. The lowest BCUT2D eigenvalue weighted by Gasteiger charge is -2.02. The summed E-state index contributed by atoms with van der Waals surface area (Å²) < 4.78 is 1.82. The number of halogens is 1. The molecule has 0 N–H and O–H groups in total. The molecule has 0 spiro atoms. The Morgan fingerprint density at radius 1 is 1.31 bits per heavy atom. The van der Waals surface area contributed by atoms with Crippen LogP contribution in [0.4, 0.5) is 0 Å². The van der Waals surface area contributed by atoms with Gasteiger partial charge in [-0.05, 0) is 23.8 Å². The Kier molecular flexibility index (Phi) is 2.32. The van der Waals surface area contributed by atoms with Gasteiger partial charge in [0, 0.05) is 18.3 Å². The van der Waals surface area contributed by atoms with Gasteiger partial charge in [0.25, 0.3) is 0 Å². The summed E-state index contributed by atoms with van der Waals surface area (Å²) in [5, 5.41) is 4.14. The Labute approximate surface area is 81.8 Å². The summed E-state index contributed by atoms with van der Waals surface area (Å²) in [5.74, 6) is 0.537. The molecule has 1 heterocycles. The fraction of sp³-hybridized carbons (Fsp3) is 0.100. The van der Waals surface area contributed by atoms with Crippen molar-refractivity contribution in [2.75, 3.05) is 0 Å². The van der Waals surface area contributed by atoms with Crippen LogP contribution in [0.15, 0.2) is 42.7 Å². The molecule has 1 aromatic heterocycles. The minimum atomic E-state index is 0.537. The van der Waals surface area contributed by atoms with Gasteiger partial charge in [-0.25, -0.2) is 4.68 Å². The molecule has 0 radical (unpaired) electrons. The van der Waals surface area contributed by atoms with E-state index in [1.165, 1.54) is 0 Å². The molecule has 13 heavy (non-hydrogen) atoms. The Hall–Kier alpha value is -1.28. The second-order valence-corrected chi connectivity index (χ2v) is 3.02. The first-order chi connectivity index (χ1) is 6.40. The number of hydrogen-bond donors (Lipinski definition) is 0. The van der Waals surface area contributed by atoms with Gasteiger partial charge in [-0.15, -0.1) is 11.6 Å². The standard InChI is InChI=1S/C10H9ClN2/c11-8-9-3-1-4-10(7-9)13-6-2-5-12-13/h1-7H,8H2. The zero-order chi connectivity index (χ0) is 9.10. The van der Waals surface area contributed by atoms with Gasteiger partial charge in [0.2, 0.25) is 0 Å². The van der Waals surface area contributed by atoms with Crippen LogP contribution in [0.3, 0.4) is 0 Å². The van der Waals surface area contributed by atoms with E-state index >= 15 is 0 Å². The normalized spacial score (nSPS) is 10.2. The van der Waals surface area contributed by atoms with E-state index in [0.717, 1.165) is 11.3 Å². The molecule has 0 aliphatic carbocycles. The van der Waals surface area contributed by atoms with E-state index in [1.807, 2.05) is 41.2 Å². The van der Waals surface area contributed by atoms with Crippen molar-refractivity contribution in [1.82, 2.24) is 9.78 Å². The highest BCUT2D eigenvalue weighted by Crippen LogP contribution is 2.10. The molecule has 0 atom stereocenters. The van der Waals surface area contributed by atoms with Crippen molar-refractivity contribution in [2.45, 2.75) is 5.88 Å². The quantitative estimate of drug-likeness (QED) is 0.669. The lowest BCUT2D eigenvalue weighted by molar-refractivity contribution is 0.879. The Bertz CT molecular complexity index is 382. The van der Waals surface area contributed by atoms with Crippen LogP contribution in [-0.4, -0.2) is 9.78 Å². The summed E-state index contributed by atoms with van der Waals surface area (Å²) in [4.78, 5) is 0. The minimum Gasteiger partial charge on any atom is -0.241 e. The SMILES string of the molecule is ClCc1cccc(-n2cccn2)c1. The van der Waals surface area contributed by atoms with Crippen LogP contribution in [0.5, 0.6) is 0 Å². The van der Waals surface area contributed by atoms with E-state index < -0.39 is 0 Å². The van der Waals surface area contributed by atoms with Gasteiger partial charge < -0.3 is 0 Å². The molecule has 2 aromatic rings. The minimum absolute atomic E-state index is 0.537. The van der Waals surface area contributed by atoms with Crippen LogP contribution in [0.2, 0.25) is 0 Å². The van der Waals surface area contributed by atoms with Gasteiger partial charge in [-0.2, -0.15) is 5.10 Å². The van der Waals surface area contributed by atoms with Crippen LogP contribution in [0, 0.1) is 0 Å². The summed E-state index contributed by atoms with van der Waals surface area (Å²) in [6, 6.07) is 9.91. The second-order valence-electron chi connectivity index (χ2n) is 2.75. The molecule has 0 saturated heterocycles. The molecule has 0 aliphatic rings. The highest BCUT2D eigenvalue weighted by atomic mass is 35.5. The zero-order valence-electron chi connectivity index (χ0n) is 7.02. The van der Waals surface area contributed by atoms with Crippen LogP contribution in [0.1, 0.15) is 5.56 Å². The largest absolute Gasteiger partial charge is 0.241 e. The van der Waals surface area contributed by atoms with Gasteiger partial charge in [0.15, 0.2) is 0 Å². The number of hydrogen-bond acceptors (Lipinski definition) is 1. The molecule has 1 aromatic carbocycles. The van der Waals surface area contributed by atoms with Crippen molar-refractivity contribution >= 4 is 11.6 Å². The molecule has 3 heteroatoms.